The molecule has 1 aliphatic carbocycles. The molecule has 29 heavy (non-hydrogen) atoms. The number of piperazine rings is 1. The summed E-state index contributed by atoms with van der Waals surface area (Å²) in [5, 5.41) is 0. The quantitative estimate of drug-likeness (QED) is 0.662. The van der Waals surface area contributed by atoms with E-state index >= 15 is 0 Å². The van der Waals surface area contributed by atoms with Crippen LogP contribution in [0.5, 0.6) is 5.88 Å². The van der Waals surface area contributed by atoms with Gasteiger partial charge < -0.3 is 14.5 Å². The number of hydrogen-bond donors (Lipinski definition) is 0. The summed E-state index contributed by atoms with van der Waals surface area (Å²) >= 11 is 3.41. The van der Waals surface area contributed by atoms with Crippen LogP contribution in [0.15, 0.2) is 53.1 Å². The van der Waals surface area contributed by atoms with Crippen molar-refractivity contribution < 1.29 is 14.3 Å². The molecule has 0 radical (unpaired) electrons. The Morgan fingerprint density at radius 3 is 2.52 bits per heavy atom. The van der Waals surface area contributed by atoms with Crippen molar-refractivity contribution in [3.8, 4) is 5.88 Å². The highest BCUT2D eigenvalue weighted by Gasteiger charge is 2.53. The molecule has 1 aromatic heterocycles. The topological polar surface area (TPSA) is 62.7 Å². The zero-order valence-electron chi connectivity index (χ0n) is 16.2. The smallest absolute Gasteiger partial charge is 0.256 e. The van der Waals surface area contributed by atoms with E-state index < -0.39 is 0 Å². The predicted octanol–water partition coefficient (Wildman–Crippen LogP) is 3.38. The Morgan fingerprint density at radius 2 is 1.90 bits per heavy atom. The summed E-state index contributed by atoms with van der Waals surface area (Å²) in [5.74, 6) is 0.434. The number of carbonyl (C=O) groups excluding carboxylic acids is 2. The lowest BCUT2D eigenvalue weighted by Crippen LogP contribution is -2.58. The maximum Gasteiger partial charge on any atom is 0.256 e. The molecule has 0 N–H and O–H groups in total. The monoisotopic (exact) mass is 455 g/mol. The first-order chi connectivity index (χ1) is 14.0. The minimum atomic E-state index is -0.240. The fraction of sp³-hybridized carbons (Fsp3) is 0.318. The van der Waals surface area contributed by atoms with Crippen LogP contribution in [-0.2, 0) is 4.79 Å². The lowest BCUT2D eigenvalue weighted by Gasteiger charge is -2.42. The molecule has 2 aliphatic rings. The molecular weight excluding hydrogens is 434 g/mol. The summed E-state index contributed by atoms with van der Waals surface area (Å²) in [5.41, 5.74) is 1.28. The number of carbonyl (C=O) groups is 2. The third kappa shape index (κ3) is 4.19. The molecule has 2 fully saturated rings. The summed E-state index contributed by atoms with van der Waals surface area (Å²) in [6, 6.07) is 11.2. The van der Waals surface area contributed by atoms with Crippen LogP contribution in [0.4, 0.5) is 0 Å². The third-order valence-corrected chi connectivity index (χ3v) is 6.04. The van der Waals surface area contributed by atoms with Gasteiger partial charge >= 0.3 is 0 Å². The number of ether oxygens (including phenoxy) is 1. The van der Waals surface area contributed by atoms with Crippen molar-refractivity contribution in [3.63, 3.8) is 0 Å². The summed E-state index contributed by atoms with van der Waals surface area (Å²) in [6.45, 7) is 1.63. The van der Waals surface area contributed by atoms with E-state index in [1.165, 1.54) is 0 Å². The molecule has 1 aliphatic heterocycles. The van der Waals surface area contributed by atoms with E-state index in [1.807, 2.05) is 40.1 Å². The fourth-order valence-electron chi connectivity index (χ4n) is 3.69. The highest BCUT2D eigenvalue weighted by atomic mass is 79.9. The molecule has 0 atom stereocenters. The molecule has 1 spiro atoms. The standard InChI is InChI=1S/C22H22BrN3O3/c1-29-19-8-5-17(14-24-19)21(28)26-13-12-25(15-22(26)10-11-22)20(27)9-4-16-2-6-18(23)7-3-16/h2-9,14H,10-13,15H2,1H3/b9-4+. The number of aromatic nitrogens is 1. The minimum Gasteiger partial charge on any atom is -0.481 e. The third-order valence-electron chi connectivity index (χ3n) is 5.52. The number of methoxy groups -OCH3 is 1. The summed E-state index contributed by atoms with van der Waals surface area (Å²) in [7, 11) is 1.55. The van der Waals surface area contributed by atoms with Gasteiger partial charge in [-0.3, -0.25) is 9.59 Å². The van der Waals surface area contributed by atoms with Crippen molar-refractivity contribution in [3.05, 3.63) is 64.3 Å². The molecule has 0 unspecified atom stereocenters. The highest BCUT2D eigenvalue weighted by molar-refractivity contribution is 9.10. The predicted molar refractivity (Wildman–Crippen MR) is 114 cm³/mol. The molecule has 6 nitrogen and oxygen atoms in total. The Labute approximate surface area is 178 Å². The number of rotatable bonds is 4. The lowest BCUT2D eigenvalue weighted by atomic mass is 10.1. The van der Waals surface area contributed by atoms with Crippen molar-refractivity contribution in [2.75, 3.05) is 26.7 Å². The lowest BCUT2D eigenvalue weighted by molar-refractivity contribution is -0.128. The average molecular weight is 456 g/mol. The van der Waals surface area contributed by atoms with Gasteiger partial charge in [-0.15, -0.1) is 0 Å². The van der Waals surface area contributed by atoms with Crippen LogP contribution in [0.25, 0.3) is 6.08 Å². The van der Waals surface area contributed by atoms with Crippen molar-refractivity contribution >= 4 is 33.8 Å². The molecular formula is C22H22BrN3O3. The zero-order chi connectivity index (χ0) is 20.4. The van der Waals surface area contributed by atoms with Crippen molar-refractivity contribution in [2.24, 2.45) is 0 Å². The van der Waals surface area contributed by atoms with Gasteiger partial charge in [0.1, 0.15) is 0 Å². The molecule has 1 saturated carbocycles. The number of halogens is 1. The first kappa shape index (κ1) is 19.6. The largest absolute Gasteiger partial charge is 0.481 e. The molecule has 2 amide bonds. The highest BCUT2D eigenvalue weighted by Crippen LogP contribution is 2.45. The molecule has 150 valence electrons. The Balaban J connectivity index is 1.42. The van der Waals surface area contributed by atoms with Crippen LogP contribution in [-0.4, -0.2) is 58.9 Å². The number of benzene rings is 1. The van der Waals surface area contributed by atoms with Crippen LogP contribution in [0.1, 0.15) is 28.8 Å². The number of amides is 2. The molecule has 1 saturated heterocycles. The second-order valence-corrected chi connectivity index (χ2v) is 8.33. The van der Waals surface area contributed by atoms with Gasteiger partial charge in [0.2, 0.25) is 11.8 Å². The fourth-order valence-corrected chi connectivity index (χ4v) is 3.95. The number of nitrogens with zero attached hydrogens (tertiary/aromatic N) is 3. The summed E-state index contributed by atoms with van der Waals surface area (Å²) < 4.78 is 6.06. The first-order valence-electron chi connectivity index (χ1n) is 9.55. The Morgan fingerprint density at radius 1 is 1.14 bits per heavy atom. The first-order valence-corrected chi connectivity index (χ1v) is 10.3. The average Bonchev–Trinajstić information content (AvgIpc) is 3.52. The SMILES string of the molecule is COc1ccc(C(=O)N2CCN(C(=O)/C=C/c3ccc(Br)cc3)CC23CC3)cn1. The van der Waals surface area contributed by atoms with Crippen LogP contribution < -0.4 is 4.74 Å². The van der Waals surface area contributed by atoms with Crippen LogP contribution in [0, 0.1) is 0 Å². The van der Waals surface area contributed by atoms with Gasteiger partial charge in [-0.05, 0) is 42.7 Å². The van der Waals surface area contributed by atoms with E-state index in [0.29, 0.717) is 31.1 Å². The molecule has 2 heterocycles. The minimum absolute atomic E-state index is 0.0163. The van der Waals surface area contributed by atoms with E-state index in [4.69, 9.17) is 4.74 Å². The van der Waals surface area contributed by atoms with Crippen molar-refractivity contribution in [2.45, 2.75) is 18.4 Å². The van der Waals surface area contributed by atoms with Gasteiger partial charge in [0.15, 0.2) is 0 Å². The van der Waals surface area contributed by atoms with E-state index in [2.05, 4.69) is 20.9 Å². The number of pyridine rings is 1. The summed E-state index contributed by atoms with van der Waals surface area (Å²) in [6.07, 6.45) is 6.83. The van der Waals surface area contributed by atoms with Gasteiger partial charge in [0.25, 0.3) is 5.91 Å². The molecule has 7 heteroatoms. The second-order valence-electron chi connectivity index (χ2n) is 7.42. The Bertz CT molecular complexity index is 937. The summed E-state index contributed by atoms with van der Waals surface area (Å²) in [4.78, 5) is 33.6. The van der Waals surface area contributed by atoms with E-state index in [-0.39, 0.29) is 17.4 Å². The van der Waals surface area contributed by atoms with Gasteiger partial charge in [-0.1, -0.05) is 28.1 Å². The van der Waals surface area contributed by atoms with Crippen molar-refractivity contribution in [1.82, 2.24) is 14.8 Å². The molecule has 4 rings (SSSR count). The van der Waals surface area contributed by atoms with Crippen LogP contribution in [0.3, 0.4) is 0 Å². The van der Waals surface area contributed by atoms with Crippen LogP contribution in [0.2, 0.25) is 0 Å². The maximum atomic E-state index is 13.0. The maximum absolute atomic E-state index is 13.0. The normalized spacial score (nSPS) is 17.6. The van der Waals surface area contributed by atoms with Crippen molar-refractivity contribution in [1.29, 1.82) is 0 Å². The van der Waals surface area contributed by atoms with Crippen LogP contribution >= 0.6 is 15.9 Å². The zero-order valence-corrected chi connectivity index (χ0v) is 17.8. The molecule has 0 bridgehead atoms. The Kier molecular flexibility index (Phi) is 5.41. The van der Waals surface area contributed by atoms with Gasteiger partial charge in [0.05, 0.1) is 18.2 Å². The van der Waals surface area contributed by atoms with Gasteiger partial charge in [-0.25, -0.2) is 4.98 Å². The molecule has 1 aromatic carbocycles. The van der Waals surface area contributed by atoms with E-state index in [0.717, 1.165) is 22.9 Å². The van der Waals surface area contributed by atoms with Gasteiger partial charge in [-0.2, -0.15) is 0 Å². The second kappa shape index (κ2) is 7.99. The van der Waals surface area contributed by atoms with E-state index in [9.17, 15) is 9.59 Å². The molecule has 2 aromatic rings. The van der Waals surface area contributed by atoms with E-state index in [1.54, 1.807) is 31.5 Å². The number of hydrogen-bond acceptors (Lipinski definition) is 4. The van der Waals surface area contributed by atoms with Gasteiger partial charge in [0, 0.05) is 42.4 Å². The Hall–Kier alpha value is -2.67.